The summed E-state index contributed by atoms with van der Waals surface area (Å²) in [6.07, 6.45) is 0.650. The van der Waals surface area contributed by atoms with Crippen molar-refractivity contribution in [2.75, 3.05) is 33.4 Å². The largest absolute Gasteiger partial charge is 0.497 e. The van der Waals surface area contributed by atoms with Gasteiger partial charge in [0.1, 0.15) is 17.2 Å². The van der Waals surface area contributed by atoms with Gasteiger partial charge in [-0.3, -0.25) is 0 Å². The SMILES string of the molecule is COc1ccc(C2=NN(c3nc(-c4ccc(OC)cc4)cs3)C(c3cc4cc(OC)ccc4nc3OC)C2)cc1. The molecule has 0 saturated carbocycles. The maximum atomic E-state index is 5.81. The van der Waals surface area contributed by atoms with Gasteiger partial charge in [-0.2, -0.15) is 5.10 Å². The van der Waals surface area contributed by atoms with Gasteiger partial charge in [-0.25, -0.2) is 15.0 Å². The van der Waals surface area contributed by atoms with E-state index in [0.29, 0.717) is 12.3 Å². The summed E-state index contributed by atoms with van der Waals surface area (Å²) in [6.45, 7) is 0. The van der Waals surface area contributed by atoms with Gasteiger partial charge < -0.3 is 18.9 Å². The van der Waals surface area contributed by atoms with Crippen LogP contribution in [0.1, 0.15) is 23.6 Å². The van der Waals surface area contributed by atoms with Crippen LogP contribution in [0.2, 0.25) is 0 Å². The van der Waals surface area contributed by atoms with E-state index >= 15 is 0 Å². The molecule has 0 amide bonds. The summed E-state index contributed by atoms with van der Waals surface area (Å²) in [7, 11) is 6.64. The number of rotatable bonds is 8. The highest BCUT2D eigenvalue weighted by Gasteiger charge is 2.34. The summed E-state index contributed by atoms with van der Waals surface area (Å²) in [5.74, 6) is 2.94. The zero-order valence-electron chi connectivity index (χ0n) is 22.6. The van der Waals surface area contributed by atoms with Gasteiger partial charge in [0, 0.05) is 28.3 Å². The Morgan fingerprint density at radius 3 is 2.02 bits per heavy atom. The van der Waals surface area contributed by atoms with Crippen LogP contribution >= 0.6 is 11.3 Å². The molecule has 1 aliphatic heterocycles. The van der Waals surface area contributed by atoms with Crippen molar-refractivity contribution in [1.82, 2.24) is 9.97 Å². The number of nitrogens with zero attached hydrogens (tertiary/aromatic N) is 4. The molecule has 0 fully saturated rings. The number of anilines is 1. The van der Waals surface area contributed by atoms with Crippen molar-refractivity contribution in [2.45, 2.75) is 12.5 Å². The molecule has 8 nitrogen and oxygen atoms in total. The molecule has 1 aliphatic rings. The molecule has 0 spiro atoms. The van der Waals surface area contributed by atoms with Crippen LogP contribution in [0.3, 0.4) is 0 Å². The molecule has 2 aromatic heterocycles. The summed E-state index contributed by atoms with van der Waals surface area (Å²) in [5.41, 5.74) is 5.62. The second-order valence-corrected chi connectivity index (χ2v) is 10.1. The van der Waals surface area contributed by atoms with Crippen LogP contribution in [0.15, 0.2) is 83.3 Å². The van der Waals surface area contributed by atoms with Crippen molar-refractivity contribution in [3.8, 4) is 34.4 Å². The van der Waals surface area contributed by atoms with Gasteiger partial charge >= 0.3 is 0 Å². The number of fused-ring (bicyclic) bond motifs is 1. The number of aromatic nitrogens is 2. The highest BCUT2D eigenvalue weighted by Crippen LogP contribution is 2.43. The lowest BCUT2D eigenvalue weighted by atomic mass is 9.98. The van der Waals surface area contributed by atoms with Crippen molar-refractivity contribution in [3.63, 3.8) is 0 Å². The van der Waals surface area contributed by atoms with E-state index in [0.717, 1.165) is 61.4 Å². The minimum Gasteiger partial charge on any atom is -0.497 e. The summed E-state index contributed by atoms with van der Waals surface area (Å²) >= 11 is 1.55. The molecule has 9 heteroatoms. The lowest BCUT2D eigenvalue weighted by Crippen LogP contribution is -2.19. The predicted molar refractivity (Wildman–Crippen MR) is 158 cm³/mol. The molecule has 1 atom stereocenters. The second-order valence-electron chi connectivity index (χ2n) is 9.23. The van der Waals surface area contributed by atoms with E-state index in [-0.39, 0.29) is 6.04 Å². The van der Waals surface area contributed by atoms with Gasteiger partial charge in [-0.1, -0.05) is 0 Å². The Morgan fingerprint density at radius 1 is 0.725 bits per heavy atom. The van der Waals surface area contributed by atoms with Crippen molar-refractivity contribution in [1.29, 1.82) is 0 Å². The van der Waals surface area contributed by atoms with Crippen LogP contribution in [0.5, 0.6) is 23.1 Å². The van der Waals surface area contributed by atoms with E-state index < -0.39 is 0 Å². The van der Waals surface area contributed by atoms with Crippen LogP contribution in [0, 0.1) is 0 Å². The first-order valence-corrected chi connectivity index (χ1v) is 13.6. The Balaban J connectivity index is 1.44. The van der Waals surface area contributed by atoms with E-state index in [1.165, 1.54) is 0 Å². The van der Waals surface area contributed by atoms with Gasteiger partial charge in [-0.15, -0.1) is 11.3 Å². The van der Waals surface area contributed by atoms with Crippen molar-refractivity contribution in [3.05, 3.63) is 89.3 Å². The molecule has 202 valence electrons. The fourth-order valence-electron chi connectivity index (χ4n) is 4.83. The third-order valence-corrected chi connectivity index (χ3v) is 7.80. The number of hydrazone groups is 1. The van der Waals surface area contributed by atoms with Crippen LogP contribution in [0.25, 0.3) is 22.2 Å². The fourth-order valence-corrected chi connectivity index (χ4v) is 5.67. The normalized spacial score (nSPS) is 14.8. The zero-order valence-corrected chi connectivity index (χ0v) is 23.4. The molecular formula is C31H28N4O4S. The third kappa shape index (κ3) is 4.80. The highest BCUT2D eigenvalue weighted by atomic mass is 32.1. The minimum atomic E-state index is -0.176. The molecule has 0 aliphatic carbocycles. The molecule has 0 radical (unpaired) electrons. The summed E-state index contributed by atoms with van der Waals surface area (Å²) < 4.78 is 22.0. The number of ether oxygens (including phenoxy) is 4. The maximum absolute atomic E-state index is 5.81. The predicted octanol–water partition coefficient (Wildman–Crippen LogP) is 6.75. The van der Waals surface area contributed by atoms with Crippen molar-refractivity contribution >= 4 is 33.1 Å². The van der Waals surface area contributed by atoms with Gasteiger partial charge in [0.2, 0.25) is 11.0 Å². The first-order valence-electron chi connectivity index (χ1n) is 12.7. The number of thiazole rings is 1. The fraction of sp³-hybridized carbons (Fsp3) is 0.194. The Hall–Kier alpha value is -4.63. The first-order chi connectivity index (χ1) is 19.6. The minimum absolute atomic E-state index is 0.176. The molecular weight excluding hydrogens is 524 g/mol. The summed E-state index contributed by atoms with van der Waals surface area (Å²) in [5, 5.41) is 10.9. The Labute approximate surface area is 236 Å². The first kappa shape index (κ1) is 25.6. The average Bonchev–Trinajstić information content (AvgIpc) is 3.68. The zero-order chi connectivity index (χ0) is 27.6. The lowest BCUT2D eigenvalue weighted by Gasteiger charge is -2.23. The van der Waals surface area contributed by atoms with E-state index in [1.54, 1.807) is 39.8 Å². The van der Waals surface area contributed by atoms with Gasteiger partial charge in [-0.05, 0) is 78.4 Å². The molecule has 3 heterocycles. The van der Waals surface area contributed by atoms with Crippen molar-refractivity contribution < 1.29 is 18.9 Å². The van der Waals surface area contributed by atoms with E-state index in [4.69, 9.17) is 34.0 Å². The molecule has 40 heavy (non-hydrogen) atoms. The van der Waals surface area contributed by atoms with Gasteiger partial charge in [0.05, 0.1) is 51.4 Å². The highest BCUT2D eigenvalue weighted by molar-refractivity contribution is 7.14. The van der Waals surface area contributed by atoms with Gasteiger partial charge in [0.15, 0.2) is 0 Å². The van der Waals surface area contributed by atoms with Crippen molar-refractivity contribution in [2.24, 2.45) is 5.10 Å². The quantitative estimate of drug-likeness (QED) is 0.211. The van der Waals surface area contributed by atoms with Crippen LogP contribution < -0.4 is 24.0 Å². The van der Waals surface area contributed by atoms with Crippen LogP contribution in [-0.2, 0) is 0 Å². The smallest absolute Gasteiger partial charge is 0.219 e. The Morgan fingerprint density at radius 2 is 1.38 bits per heavy atom. The standard InChI is InChI=1S/C31H28N4O4S/c1-36-22-9-5-19(6-10-22)27-17-29(25-16-21-15-24(38-3)13-14-26(21)32-30(25)39-4)35(34-27)31-33-28(18-40-31)20-7-11-23(37-2)12-8-20/h5-16,18,29H,17H2,1-4H3. The molecule has 0 N–H and O–H groups in total. The van der Waals surface area contributed by atoms with Gasteiger partial charge in [0.25, 0.3) is 0 Å². The summed E-state index contributed by atoms with van der Waals surface area (Å²) in [6, 6.07) is 23.6. The Kier molecular flexibility index (Phi) is 6.96. The summed E-state index contributed by atoms with van der Waals surface area (Å²) in [4.78, 5) is 9.82. The van der Waals surface area contributed by atoms with Crippen LogP contribution in [-0.4, -0.2) is 44.1 Å². The lowest BCUT2D eigenvalue weighted by molar-refractivity contribution is 0.390. The number of hydrogen-bond donors (Lipinski definition) is 0. The number of benzene rings is 3. The second kappa shape index (κ2) is 10.9. The maximum Gasteiger partial charge on any atom is 0.219 e. The number of pyridine rings is 1. The molecule has 6 rings (SSSR count). The van der Waals surface area contributed by atoms with E-state index in [9.17, 15) is 0 Å². The average molecular weight is 553 g/mol. The number of methoxy groups -OCH3 is 4. The Bertz CT molecular complexity index is 1680. The monoisotopic (exact) mass is 552 g/mol. The third-order valence-electron chi connectivity index (χ3n) is 6.97. The van der Waals surface area contributed by atoms with E-state index in [2.05, 4.69) is 11.4 Å². The molecule has 5 aromatic rings. The topological polar surface area (TPSA) is 78.3 Å². The molecule has 0 saturated heterocycles. The van der Waals surface area contributed by atoms with E-state index in [1.807, 2.05) is 71.7 Å². The molecule has 0 bridgehead atoms. The number of hydrogen-bond acceptors (Lipinski definition) is 9. The van der Waals surface area contributed by atoms with Crippen LogP contribution in [0.4, 0.5) is 5.13 Å². The molecule has 3 aromatic carbocycles. The molecule has 1 unspecified atom stereocenters.